The lowest BCUT2D eigenvalue weighted by molar-refractivity contribution is 0.369. The number of rotatable bonds is 19. The lowest BCUT2D eigenvalue weighted by atomic mass is 10.1. The van der Waals surface area contributed by atoms with Gasteiger partial charge in [-0.3, -0.25) is 0 Å². The van der Waals surface area contributed by atoms with Crippen LogP contribution in [0.15, 0.2) is 97.6 Å². The van der Waals surface area contributed by atoms with Crippen LogP contribution in [0.2, 0.25) is 10.0 Å². The van der Waals surface area contributed by atoms with Gasteiger partial charge in [0.2, 0.25) is 11.5 Å². The number of nitrogens with zero attached hydrogens (tertiary/aromatic N) is 6. The maximum absolute atomic E-state index is 10.4. The van der Waals surface area contributed by atoms with Crippen molar-refractivity contribution in [3.8, 4) is 57.3 Å². The van der Waals surface area contributed by atoms with Gasteiger partial charge in [-0.25, -0.2) is 19.7 Å². The Kier molecular flexibility index (Phi) is 37.0. The Morgan fingerprint density at radius 2 is 0.882 bits per heavy atom. The van der Waals surface area contributed by atoms with Gasteiger partial charge in [-0.05, 0) is 122 Å². The normalized spacial score (nSPS) is 12.4. The summed E-state index contributed by atoms with van der Waals surface area (Å²) >= 11 is 12.3. The van der Waals surface area contributed by atoms with Gasteiger partial charge in [0.25, 0.3) is 11.8 Å². The van der Waals surface area contributed by atoms with E-state index in [0.717, 1.165) is 30.2 Å². The molecular formula is C37H55Cl2N6O4P27. The molecule has 6 aromatic rings. The molecule has 17 atom stereocenters. The molecular weight excluding hydrogens is 1500 g/mol. The molecule has 76 heavy (non-hydrogen) atoms. The monoisotopic (exact) mass is 1550 g/mol. The maximum atomic E-state index is 10.4. The number of ether oxygens (including phenoxy) is 3. The smallest absolute Gasteiger partial charge is 0.266 e. The van der Waals surface area contributed by atoms with E-state index in [1.54, 1.807) is 30.3 Å². The number of halogens is 2. The van der Waals surface area contributed by atoms with E-state index in [-0.39, 0.29) is 106 Å². The molecule has 39 heteroatoms. The maximum Gasteiger partial charge on any atom is 0.266 e. The predicted molar refractivity (Wildman–Crippen MR) is 415 cm³/mol. The second-order valence-corrected chi connectivity index (χ2v) is 122. The number of methoxy groups -OCH3 is 1. The van der Waals surface area contributed by atoms with Crippen molar-refractivity contribution in [1.29, 1.82) is 0 Å². The van der Waals surface area contributed by atoms with Crippen molar-refractivity contribution < 1.29 is 19.3 Å². The van der Waals surface area contributed by atoms with Crippen LogP contribution < -0.4 is 14.2 Å². The molecule has 0 aliphatic rings. The van der Waals surface area contributed by atoms with Crippen LogP contribution in [-0.4, -0.2) is 32.2 Å². The van der Waals surface area contributed by atoms with E-state index in [1.807, 2.05) is 62.4 Å². The van der Waals surface area contributed by atoms with E-state index in [9.17, 15) is 5.11 Å². The molecule has 4 aromatic carbocycles. The summed E-state index contributed by atoms with van der Waals surface area (Å²) in [5.41, 5.74) is 5.74. The molecule has 0 saturated carbocycles. The van der Waals surface area contributed by atoms with Crippen molar-refractivity contribution in [2.24, 2.45) is 0 Å². The standard InChI is InChI=1S/C19H14ClN3O2.C18H12ClN3O2.H29P27/c1-12-4-6-13(7-5-12)17-18(24-3)19(23-11-22-17)25-16-9-8-14(21-2)10-15(16)20;1-11-3-5-12(6-4-11)16-17(23)18(22-10-21-16)24-15-8-7-13(20-2)9-14(15)19;1-15-22(14)26(23(16(2)3)17(4)5)27(24(18(6)7)19(8)9)25(20(10)11)21(12)13/h4-11H,1,3H3;3-10,23H,1H3;15H,1-14H2. The molecule has 1 N–H and O–H groups in total. The molecule has 6 rings (SSSR count). The molecule has 10 nitrogen and oxygen atoms in total. The Bertz CT molecular complexity index is 2870. The fourth-order valence-electron chi connectivity index (χ4n) is 5.81. The van der Waals surface area contributed by atoms with E-state index in [2.05, 4.69) is 155 Å². The van der Waals surface area contributed by atoms with Gasteiger partial charge in [0.1, 0.15) is 35.5 Å². The Hall–Kier alpha value is 5.41. The molecule has 0 aliphatic carbocycles. The molecule has 17 unspecified atom stereocenters. The first-order chi connectivity index (χ1) is 36.0. The summed E-state index contributed by atoms with van der Waals surface area (Å²) in [7, 11) is 48.1. The summed E-state index contributed by atoms with van der Waals surface area (Å²) in [6.45, 7) is 18.3. The van der Waals surface area contributed by atoms with Crippen LogP contribution in [-0.2, 0) is 0 Å². The van der Waals surface area contributed by atoms with Crippen molar-refractivity contribution in [1.82, 2.24) is 19.9 Å². The minimum absolute atomic E-state index is 0.00182. The van der Waals surface area contributed by atoms with Gasteiger partial charge in [0.05, 0.1) is 30.3 Å². The molecule has 0 radical (unpaired) electrons. The molecule has 2 aromatic heterocycles. The molecule has 0 saturated heterocycles. The molecule has 2 heterocycles. The largest absolute Gasteiger partial charge is 0.502 e. The second kappa shape index (κ2) is 38.1. The number of aromatic hydroxyl groups is 1. The Morgan fingerprint density at radius 3 is 1.25 bits per heavy atom. The summed E-state index contributed by atoms with van der Waals surface area (Å²) in [4.78, 5) is 23.2. The van der Waals surface area contributed by atoms with Crippen molar-refractivity contribution in [2.45, 2.75) is 13.8 Å². The molecule has 0 amide bonds. The molecule has 0 spiro atoms. The zero-order chi connectivity index (χ0) is 56.6. The summed E-state index contributed by atoms with van der Waals surface area (Å²) in [6.07, 6.45) is 2.72. The second-order valence-electron chi connectivity index (χ2n) is 14.4. The van der Waals surface area contributed by atoms with Crippen molar-refractivity contribution in [3.05, 3.63) is 142 Å². The van der Waals surface area contributed by atoms with E-state index >= 15 is 0 Å². The quantitative estimate of drug-likeness (QED) is 0.0631. The van der Waals surface area contributed by atoms with Gasteiger partial charge in [-0.15, -0.1) is 125 Å². The fraction of sp³-hybridized carbons (Fsp3) is 0.0811. The average Bonchev–Trinajstić information content (AvgIpc) is 3.37. The lowest BCUT2D eigenvalue weighted by Crippen LogP contribution is -1.98. The molecule has 0 aliphatic heterocycles. The van der Waals surface area contributed by atoms with Gasteiger partial charge in [-0.1, -0.05) is 103 Å². The van der Waals surface area contributed by atoms with E-state index in [0.29, 0.717) is 45.0 Å². The van der Waals surface area contributed by atoms with Crippen LogP contribution >= 0.6 is 240 Å². The van der Waals surface area contributed by atoms with Gasteiger partial charge >= 0.3 is 0 Å². The highest BCUT2D eigenvalue weighted by Gasteiger charge is 2.48. The van der Waals surface area contributed by atoms with E-state index in [1.165, 1.54) is 25.8 Å². The molecule has 406 valence electrons. The summed E-state index contributed by atoms with van der Waals surface area (Å²) < 4.78 is 16.9. The minimum atomic E-state index is -0.174. The summed E-state index contributed by atoms with van der Waals surface area (Å²) in [6, 6.07) is 24.9. The number of benzene rings is 4. The molecule has 0 bridgehead atoms. The minimum Gasteiger partial charge on any atom is -0.502 e. The Labute approximate surface area is 505 Å². The van der Waals surface area contributed by atoms with Crippen LogP contribution in [0.4, 0.5) is 11.4 Å². The highest BCUT2D eigenvalue weighted by atomic mass is 35.5. The molecule has 0 fully saturated rings. The first-order valence-corrected chi connectivity index (χ1v) is 69.8. The van der Waals surface area contributed by atoms with Crippen LogP contribution in [0.3, 0.4) is 0 Å². The number of aryl methyl sites for hydroxylation is 2. The third-order valence-electron chi connectivity index (χ3n) is 9.12. The van der Waals surface area contributed by atoms with Crippen molar-refractivity contribution in [2.75, 3.05) is 7.11 Å². The topological polar surface area (TPSA) is 108 Å². The zero-order valence-corrected chi connectivity index (χ0v) is 69.7. The van der Waals surface area contributed by atoms with Gasteiger partial charge in [-0.2, -0.15) is 9.97 Å². The number of aromatic nitrogens is 4. The Balaban J connectivity index is 0.000000246. The van der Waals surface area contributed by atoms with Gasteiger partial charge in [0, 0.05) is 11.1 Å². The number of hydrogen-bond acceptors (Lipinski definition) is 8. The predicted octanol–water partition coefficient (Wildman–Crippen LogP) is 26.1. The highest BCUT2D eigenvalue weighted by Crippen LogP contribution is 3.36. The first-order valence-electron chi connectivity index (χ1n) is 20.5. The highest BCUT2D eigenvalue weighted by molar-refractivity contribution is 9.42. The third-order valence-corrected chi connectivity index (χ3v) is 186. The first kappa shape index (κ1) is 73.9. The van der Waals surface area contributed by atoms with E-state index < -0.39 is 0 Å². The van der Waals surface area contributed by atoms with Crippen LogP contribution in [0, 0.1) is 27.0 Å². The van der Waals surface area contributed by atoms with Crippen LogP contribution in [0.5, 0.6) is 34.8 Å². The van der Waals surface area contributed by atoms with E-state index in [4.69, 9.17) is 50.6 Å². The number of hydrogen-bond donors (Lipinski definition) is 1. The zero-order valence-electron chi connectivity index (χ0n) is 40.3. The van der Waals surface area contributed by atoms with Crippen molar-refractivity contribution in [3.63, 3.8) is 0 Å². The van der Waals surface area contributed by atoms with Crippen LogP contribution in [0.1, 0.15) is 11.1 Å². The third kappa shape index (κ3) is 22.5. The summed E-state index contributed by atoms with van der Waals surface area (Å²) in [5.74, 6) is 1.18. The van der Waals surface area contributed by atoms with Crippen molar-refractivity contribution >= 4 is 251 Å². The average molecular weight is 1560 g/mol. The van der Waals surface area contributed by atoms with Crippen LogP contribution in [0.25, 0.3) is 32.2 Å². The fourth-order valence-corrected chi connectivity index (χ4v) is 350. The SMILES string of the molecule is PPP(P)P(P(P(P)P)P(P)P)P(P(P(P)P)P(P)P)P(P(P)P)P(P)P.[C-]#[N+]c1ccc(Oc2ncnc(-c3ccc(C)cc3)c2O)c(Cl)c1.[C-]#[N+]c1ccc(Oc2ncnc(-c3ccc(C)cc3)c2OC)c(Cl)c1. The van der Waals surface area contributed by atoms with Gasteiger partial charge < -0.3 is 19.3 Å². The lowest BCUT2D eigenvalue weighted by Gasteiger charge is -2.50. The van der Waals surface area contributed by atoms with Gasteiger partial charge in [0.15, 0.2) is 11.4 Å². The Morgan fingerprint density at radius 1 is 0.513 bits per heavy atom. The summed E-state index contributed by atoms with van der Waals surface area (Å²) in [5, 5.41) is 11.0.